The van der Waals surface area contributed by atoms with Gasteiger partial charge in [-0.1, -0.05) is 11.6 Å². The standard InChI is InChI=1S/C19H16ClF2NO2/c1-11-15(10-18(21)22)16-9-14(25-2)7-8-17(16)23(11)19(24)12-3-5-13(20)6-4-12/h3-9,18H,10H2,1-2H3. The molecule has 1 aromatic heterocycles. The summed E-state index contributed by atoms with van der Waals surface area (Å²) in [5.74, 6) is 0.268. The summed E-state index contributed by atoms with van der Waals surface area (Å²) < 4.78 is 32.8. The van der Waals surface area contributed by atoms with Crippen molar-refractivity contribution in [1.29, 1.82) is 0 Å². The summed E-state index contributed by atoms with van der Waals surface area (Å²) >= 11 is 5.87. The van der Waals surface area contributed by atoms with Crippen LogP contribution in [0.4, 0.5) is 8.78 Å². The molecular weight excluding hydrogens is 348 g/mol. The summed E-state index contributed by atoms with van der Waals surface area (Å²) in [7, 11) is 1.51. The van der Waals surface area contributed by atoms with Crippen LogP contribution in [0.25, 0.3) is 10.9 Å². The monoisotopic (exact) mass is 363 g/mol. The molecule has 0 saturated heterocycles. The lowest BCUT2D eigenvalue weighted by molar-refractivity contribution is 0.0962. The summed E-state index contributed by atoms with van der Waals surface area (Å²) in [6, 6.07) is 11.6. The second-order valence-electron chi connectivity index (χ2n) is 5.69. The van der Waals surface area contributed by atoms with E-state index in [0.29, 0.717) is 38.5 Å². The van der Waals surface area contributed by atoms with E-state index in [1.165, 1.54) is 11.7 Å². The van der Waals surface area contributed by atoms with Crippen LogP contribution in [0, 0.1) is 6.92 Å². The number of carbonyl (C=O) groups is 1. The Morgan fingerprint density at radius 1 is 1.20 bits per heavy atom. The molecule has 6 heteroatoms. The molecule has 2 aromatic carbocycles. The molecule has 3 rings (SSSR count). The van der Waals surface area contributed by atoms with E-state index in [1.54, 1.807) is 49.4 Å². The van der Waals surface area contributed by atoms with Gasteiger partial charge in [-0.15, -0.1) is 0 Å². The number of nitrogens with zero attached hydrogens (tertiary/aromatic N) is 1. The first kappa shape index (κ1) is 17.4. The van der Waals surface area contributed by atoms with Crippen molar-refractivity contribution in [2.75, 3.05) is 7.11 Å². The minimum atomic E-state index is -2.51. The van der Waals surface area contributed by atoms with Crippen molar-refractivity contribution in [3.05, 3.63) is 64.3 Å². The fourth-order valence-corrected chi connectivity index (χ4v) is 3.11. The van der Waals surface area contributed by atoms with Crippen LogP contribution in [0.2, 0.25) is 5.02 Å². The SMILES string of the molecule is COc1ccc2c(c1)c(CC(F)F)c(C)n2C(=O)c1ccc(Cl)cc1. The molecule has 25 heavy (non-hydrogen) atoms. The van der Waals surface area contributed by atoms with Gasteiger partial charge in [-0.2, -0.15) is 0 Å². The normalized spacial score (nSPS) is 11.3. The van der Waals surface area contributed by atoms with Crippen LogP contribution >= 0.6 is 11.6 Å². The van der Waals surface area contributed by atoms with Crippen LogP contribution in [0.3, 0.4) is 0 Å². The summed E-state index contributed by atoms with van der Waals surface area (Å²) in [5, 5.41) is 1.12. The van der Waals surface area contributed by atoms with Crippen LogP contribution in [0.15, 0.2) is 42.5 Å². The van der Waals surface area contributed by atoms with Gasteiger partial charge in [0.25, 0.3) is 5.91 Å². The second kappa shape index (κ2) is 6.84. The third-order valence-corrected chi connectivity index (χ3v) is 4.45. The highest BCUT2D eigenvalue weighted by molar-refractivity contribution is 6.30. The first-order valence-corrected chi connectivity index (χ1v) is 8.06. The quantitative estimate of drug-likeness (QED) is 0.645. The molecule has 130 valence electrons. The van der Waals surface area contributed by atoms with Gasteiger partial charge in [-0.3, -0.25) is 9.36 Å². The predicted octanol–water partition coefficient (Wildman–Crippen LogP) is 5.11. The highest BCUT2D eigenvalue weighted by atomic mass is 35.5. The van der Waals surface area contributed by atoms with E-state index in [9.17, 15) is 13.6 Å². The fraction of sp³-hybridized carbons (Fsp3) is 0.211. The van der Waals surface area contributed by atoms with Crippen molar-refractivity contribution in [3.63, 3.8) is 0 Å². The van der Waals surface area contributed by atoms with Crippen LogP contribution in [-0.2, 0) is 6.42 Å². The molecule has 3 aromatic rings. The summed E-state index contributed by atoms with van der Waals surface area (Å²) in [6.45, 7) is 1.68. The Morgan fingerprint density at radius 2 is 1.88 bits per heavy atom. The minimum absolute atomic E-state index is 0.287. The molecule has 0 atom stereocenters. The Hall–Kier alpha value is -2.40. The van der Waals surface area contributed by atoms with E-state index in [1.807, 2.05) is 0 Å². The van der Waals surface area contributed by atoms with Crippen molar-refractivity contribution in [3.8, 4) is 5.75 Å². The van der Waals surface area contributed by atoms with Gasteiger partial charge in [0, 0.05) is 28.1 Å². The number of alkyl halides is 2. The number of hydrogen-bond donors (Lipinski definition) is 0. The topological polar surface area (TPSA) is 31.2 Å². The first-order chi connectivity index (χ1) is 11.9. The van der Waals surface area contributed by atoms with E-state index in [4.69, 9.17) is 16.3 Å². The Balaban J connectivity index is 2.22. The van der Waals surface area contributed by atoms with Crippen molar-refractivity contribution in [2.45, 2.75) is 19.8 Å². The van der Waals surface area contributed by atoms with Crippen molar-refractivity contribution < 1.29 is 18.3 Å². The largest absolute Gasteiger partial charge is 0.497 e. The lowest BCUT2D eigenvalue weighted by atomic mass is 10.1. The number of carbonyl (C=O) groups excluding carboxylic acids is 1. The Morgan fingerprint density at radius 3 is 2.48 bits per heavy atom. The predicted molar refractivity (Wildman–Crippen MR) is 94.1 cm³/mol. The molecule has 0 spiro atoms. The summed E-state index contributed by atoms with van der Waals surface area (Å²) in [4.78, 5) is 12.9. The molecular formula is C19H16ClF2NO2. The third-order valence-electron chi connectivity index (χ3n) is 4.19. The molecule has 0 amide bonds. The molecule has 0 aliphatic carbocycles. The van der Waals surface area contributed by atoms with Gasteiger partial charge >= 0.3 is 0 Å². The highest BCUT2D eigenvalue weighted by Crippen LogP contribution is 2.31. The van der Waals surface area contributed by atoms with Crippen molar-refractivity contribution in [1.82, 2.24) is 4.57 Å². The van der Waals surface area contributed by atoms with Gasteiger partial charge < -0.3 is 4.74 Å². The lowest BCUT2D eigenvalue weighted by Gasteiger charge is -2.08. The maximum Gasteiger partial charge on any atom is 0.262 e. The van der Waals surface area contributed by atoms with E-state index in [-0.39, 0.29) is 5.91 Å². The summed E-state index contributed by atoms with van der Waals surface area (Å²) in [5.41, 5.74) is 1.97. The van der Waals surface area contributed by atoms with Gasteiger partial charge in [0.2, 0.25) is 6.43 Å². The smallest absolute Gasteiger partial charge is 0.262 e. The molecule has 0 saturated carbocycles. The lowest BCUT2D eigenvalue weighted by Crippen LogP contribution is -2.14. The average Bonchev–Trinajstić information content (AvgIpc) is 2.86. The molecule has 1 heterocycles. The van der Waals surface area contributed by atoms with Gasteiger partial charge in [-0.05, 0) is 55.0 Å². The van der Waals surface area contributed by atoms with Crippen LogP contribution in [0.5, 0.6) is 5.75 Å². The zero-order valence-corrected chi connectivity index (χ0v) is 14.5. The minimum Gasteiger partial charge on any atom is -0.497 e. The molecule has 3 nitrogen and oxygen atoms in total. The van der Waals surface area contributed by atoms with Gasteiger partial charge in [-0.25, -0.2) is 8.78 Å². The van der Waals surface area contributed by atoms with E-state index in [2.05, 4.69) is 0 Å². The van der Waals surface area contributed by atoms with E-state index >= 15 is 0 Å². The second-order valence-corrected chi connectivity index (χ2v) is 6.13. The Kier molecular flexibility index (Phi) is 4.77. The maximum absolute atomic E-state index is 13.0. The number of methoxy groups -OCH3 is 1. The van der Waals surface area contributed by atoms with Crippen LogP contribution < -0.4 is 4.74 Å². The number of halogens is 3. The summed E-state index contributed by atoms with van der Waals surface area (Å²) in [6.07, 6.45) is -2.93. The van der Waals surface area contributed by atoms with Gasteiger partial charge in [0.1, 0.15) is 5.75 Å². The number of rotatable bonds is 4. The van der Waals surface area contributed by atoms with Crippen LogP contribution in [0.1, 0.15) is 21.6 Å². The van der Waals surface area contributed by atoms with E-state index in [0.717, 1.165) is 0 Å². The van der Waals surface area contributed by atoms with Crippen molar-refractivity contribution >= 4 is 28.4 Å². The molecule has 0 fully saturated rings. The molecule has 0 bridgehead atoms. The Labute approximate surface area is 148 Å². The van der Waals surface area contributed by atoms with Crippen molar-refractivity contribution in [2.24, 2.45) is 0 Å². The highest BCUT2D eigenvalue weighted by Gasteiger charge is 2.22. The zero-order valence-electron chi connectivity index (χ0n) is 13.7. The zero-order chi connectivity index (χ0) is 18.1. The number of aromatic nitrogens is 1. The Bertz CT molecular complexity index is 933. The maximum atomic E-state index is 13.0. The number of fused-ring (bicyclic) bond motifs is 1. The number of hydrogen-bond acceptors (Lipinski definition) is 2. The van der Waals surface area contributed by atoms with E-state index < -0.39 is 12.8 Å². The molecule has 0 aliphatic heterocycles. The van der Waals surface area contributed by atoms with Gasteiger partial charge in [0.15, 0.2) is 0 Å². The third kappa shape index (κ3) is 3.24. The molecule has 0 unspecified atom stereocenters. The van der Waals surface area contributed by atoms with Gasteiger partial charge in [0.05, 0.1) is 12.6 Å². The first-order valence-electron chi connectivity index (χ1n) is 7.68. The average molecular weight is 364 g/mol. The van der Waals surface area contributed by atoms with Crippen LogP contribution in [-0.4, -0.2) is 24.0 Å². The molecule has 0 aliphatic rings. The fourth-order valence-electron chi connectivity index (χ4n) is 2.98. The molecule has 0 radical (unpaired) electrons. The number of benzene rings is 2. The number of ether oxygens (including phenoxy) is 1. The molecule has 0 N–H and O–H groups in total.